The average molecular weight is 537 g/mol. The highest BCUT2D eigenvalue weighted by molar-refractivity contribution is 7.88. The maximum Gasteiger partial charge on any atom is 0.303 e. The Kier molecular flexibility index (Phi) is 5.53. The number of nitrogens with zero attached hydrogens (tertiary/aromatic N) is 1. The number of nitrogens with one attached hydrogen (secondary N) is 1. The van der Waals surface area contributed by atoms with Gasteiger partial charge in [-0.1, -0.05) is 36.4 Å². The van der Waals surface area contributed by atoms with Crippen LogP contribution in [-0.2, 0) is 37.1 Å². The average Bonchev–Trinajstić information content (AvgIpc) is 3.61. The number of hydrogen-bond acceptors (Lipinski definition) is 6. The third-order valence-electron chi connectivity index (χ3n) is 9.88. The van der Waals surface area contributed by atoms with Crippen LogP contribution in [0.3, 0.4) is 0 Å². The summed E-state index contributed by atoms with van der Waals surface area (Å²) in [7, 11) is -3.63. The molecule has 2 saturated carbocycles. The van der Waals surface area contributed by atoms with E-state index in [0.29, 0.717) is 12.8 Å². The number of likely N-dealkylation sites (tertiary alicyclic amines) is 1. The monoisotopic (exact) mass is 536 g/mol. The van der Waals surface area contributed by atoms with Gasteiger partial charge in [-0.2, -0.15) is 0 Å². The van der Waals surface area contributed by atoms with Crippen molar-refractivity contribution in [1.82, 2.24) is 9.62 Å². The first-order valence-corrected chi connectivity index (χ1v) is 15.6. The van der Waals surface area contributed by atoms with Crippen molar-refractivity contribution in [2.75, 3.05) is 13.1 Å². The fourth-order valence-electron chi connectivity index (χ4n) is 8.26. The van der Waals surface area contributed by atoms with E-state index in [1.165, 1.54) is 25.3 Å². The Hall–Kier alpha value is -2.42. The zero-order chi connectivity index (χ0) is 26.3. The molecule has 3 fully saturated rings. The van der Waals surface area contributed by atoms with Gasteiger partial charge in [0.05, 0.1) is 23.3 Å². The number of ether oxygens (including phenoxy) is 2. The molecule has 2 aromatic rings. The third kappa shape index (κ3) is 3.59. The van der Waals surface area contributed by atoms with E-state index in [2.05, 4.69) is 15.7 Å². The van der Waals surface area contributed by atoms with Crippen LogP contribution in [0.4, 0.5) is 0 Å². The highest BCUT2D eigenvalue weighted by Crippen LogP contribution is 2.65. The molecule has 7 nitrogen and oxygen atoms in total. The number of rotatable bonds is 7. The number of carbonyl (C=O) groups excluding carboxylic acids is 1. The first kappa shape index (κ1) is 24.6. The number of benzene rings is 2. The van der Waals surface area contributed by atoms with Crippen molar-refractivity contribution in [3.05, 3.63) is 64.7 Å². The van der Waals surface area contributed by atoms with Crippen molar-refractivity contribution in [3.8, 4) is 5.75 Å². The molecular formula is C30H36N2O5S. The second-order valence-electron chi connectivity index (χ2n) is 12.1. The summed E-state index contributed by atoms with van der Waals surface area (Å²) in [5.41, 5.74) is 2.86. The summed E-state index contributed by atoms with van der Waals surface area (Å²) in [5.74, 6) is 1.21. The van der Waals surface area contributed by atoms with Gasteiger partial charge < -0.3 is 9.47 Å². The molecule has 2 bridgehead atoms. The van der Waals surface area contributed by atoms with Crippen molar-refractivity contribution < 1.29 is 22.7 Å². The van der Waals surface area contributed by atoms with Crippen LogP contribution >= 0.6 is 0 Å². The summed E-state index contributed by atoms with van der Waals surface area (Å²) in [6.07, 6.45) is 4.90. The minimum absolute atomic E-state index is 0.0669. The predicted molar refractivity (Wildman–Crippen MR) is 143 cm³/mol. The molecule has 7 rings (SSSR count). The minimum Gasteiger partial charge on any atom is -0.487 e. The van der Waals surface area contributed by atoms with Crippen molar-refractivity contribution in [2.45, 2.75) is 87.3 Å². The van der Waals surface area contributed by atoms with Gasteiger partial charge in [-0.05, 0) is 80.7 Å². The molecule has 5 atom stereocenters. The number of carbonyl (C=O) groups is 1. The zero-order valence-electron chi connectivity index (χ0n) is 22.1. The van der Waals surface area contributed by atoms with Gasteiger partial charge in [0.15, 0.2) is 0 Å². The molecule has 1 saturated heterocycles. The summed E-state index contributed by atoms with van der Waals surface area (Å²) < 4.78 is 43.2. The zero-order valence-corrected chi connectivity index (χ0v) is 22.9. The molecule has 0 radical (unpaired) electrons. The summed E-state index contributed by atoms with van der Waals surface area (Å²) >= 11 is 0. The van der Waals surface area contributed by atoms with E-state index in [1.807, 2.05) is 43.3 Å². The first-order valence-electron chi connectivity index (χ1n) is 14.0. The van der Waals surface area contributed by atoms with E-state index in [0.717, 1.165) is 54.3 Å². The van der Waals surface area contributed by atoms with Gasteiger partial charge in [-0.3, -0.25) is 9.69 Å². The topological polar surface area (TPSA) is 84.9 Å². The van der Waals surface area contributed by atoms with Gasteiger partial charge in [0.1, 0.15) is 17.5 Å². The van der Waals surface area contributed by atoms with E-state index in [-0.39, 0.29) is 17.8 Å². The number of piperidine rings is 1. The summed E-state index contributed by atoms with van der Waals surface area (Å²) in [5, 5.41) is 0. The molecule has 2 aliphatic heterocycles. The van der Waals surface area contributed by atoms with E-state index in [4.69, 9.17) is 9.47 Å². The van der Waals surface area contributed by atoms with Gasteiger partial charge in [0.25, 0.3) is 0 Å². The summed E-state index contributed by atoms with van der Waals surface area (Å²) in [6.45, 7) is 5.39. The molecule has 3 aliphatic carbocycles. The summed E-state index contributed by atoms with van der Waals surface area (Å²) in [4.78, 5) is 15.3. The Morgan fingerprint density at radius 1 is 1.13 bits per heavy atom. The highest BCUT2D eigenvalue weighted by atomic mass is 32.2. The maximum absolute atomic E-state index is 13.5. The second kappa shape index (κ2) is 8.54. The molecule has 1 N–H and O–H groups in total. The molecule has 202 valence electrons. The maximum atomic E-state index is 13.5. The standard InChI is InChI=1S/C30H36N2O5S/c1-19-6-3-4-7-23(19)18-38(34,35)31-24-12-13-30(37-20(2)33)26-16-22-8-5-9-25-27(22)29(30,28(24)36-25)14-15-32(26)17-21-10-11-21/h3-9,21,24,26,28,31H,10-18H2,1-2H3/t24-,26-,28+,29+,30-/m1/s1. The molecule has 0 amide bonds. The second-order valence-corrected chi connectivity index (χ2v) is 13.9. The Balaban J connectivity index is 1.29. The minimum atomic E-state index is -3.63. The molecule has 38 heavy (non-hydrogen) atoms. The molecule has 2 aromatic carbocycles. The molecule has 0 unspecified atom stereocenters. The number of sulfonamides is 1. The van der Waals surface area contributed by atoms with Crippen molar-refractivity contribution >= 4 is 16.0 Å². The lowest BCUT2D eigenvalue weighted by Crippen LogP contribution is -2.79. The largest absolute Gasteiger partial charge is 0.487 e. The fourth-order valence-corrected chi connectivity index (χ4v) is 9.78. The van der Waals surface area contributed by atoms with Gasteiger partial charge in [0.2, 0.25) is 10.0 Å². The SMILES string of the molecule is CC(=O)O[C@@]12CC[C@@H](NS(=O)(=O)Cc3ccccc3C)[C@@H]3Oc4cccc5c4[C@@]31CCN(CC1CC1)[C@@H]2C5. The van der Waals surface area contributed by atoms with Crippen molar-refractivity contribution in [2.24, 2.45) is 5.92 Å². The number of hydrogen-bond donors (Lipinski definition) is 1. The van der Waals surface area contributed by atoms with E-state index >= 15 is 0 Å². The van der Waals surface area contributed by atoms with E-state index in [9.17, 15) is 13.2 Å². The highest BCUT2D eigenvalue weighted by Gasteiger charge is 2.75. The normalized spacial score (nSPS) is 33.4. The third-order valence-corrected chi connectivity index (χ3v) is 11.2. The Labute approximate surface area is 224 Å². The number of esters is 1. The lowest BCUT2D eigenvalue weighted by atomic mass is 9.48. The molecule has 1 spiro atoms. The predicted octanol–water partition coefficient (Wildman–Crippen LogP) is 3.62. The van der Waals surface area contributed by atoms with Crippen LogP contribution in [0.1, 0.15) is 61.3 Å². The summed E-state index contributed by atoms with van der Waals surface area (Å²) in [6, 6.07) is 13.5. The van der Waals surface area contributed by atoms with E-state index < -0.39 is 33.2 Å². The van der Waals surface area contributed by atoms with Crippen molar-refractivity contribution in [1.29, 1.82) is 0 Å². The van der Waals surface area contributed by atoms with Gasteiger partial charge in [-0.25, -0.2) is 13.1 Å². The smallest absolute Gasteiger partial charge is 0.303 e. The molecule has 8 heteroatoms. The van der Waals surface area contributed by atoms with Crippen LogP contribution in [0, 0.1) is 12.8 Å². The lowest BCUT2D eigenvalue weighted by Gasteiger charge is -2.65. The van der Waals surface area contributed by atoms with Crippen LogP contribution in [0.25, 0.3) is 0 Å². The number of aryl methyl sites for hydroxylation is 1. The van der Waals surface area contributed by atoms with E-state index in [1.54, 1.807) is 0 Å². The van der Waals surface area contributed by atoms with Crippen LogP contribution < -0.4 is 9.46 Å². The molecule has 0 aromatic heterocycles. The first-order chi connectivity index (χ1) is 18.2. The molecular weight excluding hydrogens is 500 g/mol. The quantitative estimate of drug-likeness (QED) is 0.545. The van der Waals surface area contributed by atoms with Crippen LogP contribution in [-0.4, -0.2) is 56.2 Å². The van der Waals surface area contributed by atoms with Gasteiger partial charge in [-0.15, -0.1) is 0 Å². The van der Waals surface area contributed by atoms with Gasteiger partial charge >= 0.3 is 5.97 Å². The van der Waals surface area contributed by atoms with Gasteiger partial charge in [0, 0.05) is 19.0 Å². The lowest BCUT2D eigenvalue weighted by molar-refractivity contribution is -0.218. The Bertz CT molecular complexity index is 1410. The Morgan fingerprint density at radius 3 is 2.71 bits per heavy atom. The van der Waals surface area contributed by atoms with Crippen molar-refractivity contribution in [3.63, 3.8) is 0 Å². The fraction of sp³-hybridized carbons (Fsp3) is 0.567. The van der Waals surface area contributed by atoms with Crippen LogP contribution in [0.5, 0.6) is 5.75 Å². The van der Waals surface area contributed by atoms with Crippen LogP contribution in [0.15, 0.2) is 42.5 Å². The molecule has 2 heterocycles. The Morgan fingerprint density at radius 2 is 1.95 bits per heavy atom. The molecule has 5 aliphatic rings. The van der Waals surface area contributed by atoms with Crippen LogP contribution in [0.2, 0.25) is 0 Å².